The Hall–Kier alpha value is -4.18. The lowest BCUT2D eigenvalue weighted by Crippen LogP contribution is -2.30. The molecule has 4 heteroatoms. The fourth-order valence-electron chi connectivity index (χ4n) is 4.07. The summed E-state index contributed by atoms with van der Waals surface area (Å²) in [5, 5.41) is 0.930. The SMILES string of the molecule is O=C(c1c[nH]c2ccccc12)N(Cc1ccccn1)Cc1ccccc1-c1ccccc1. The lowest BCUT2D eigenvalue weighted by Gasteiger charge is -2.24. The highest BCUT2D eigenvalue weighted by Gasteiger charge is 2.21. The quantitative estimate of drug-likeness (QED) is 0.364. The van der Waals surface area contributed by atoms with Crippen molar-refractivity contribution < 1.29 is 4.79 Å². The van der Waals surface area contributed by atoms with Crippen molar-refractivity contribution in [1.29, 1.82) is 0 Å². The molecule has 0 saturated heterocycles. The number of amides is 1. The van der Waals surface area contributed by atoms with E-state index in [9.17, 15) is 4.79 Å². The van der Waals surface area contributed by atoms with Crippen molar-refractivity contribution in [3.05, 3.63) is 126 Å². The second-order valence-electron chi connectivity index (χ2n) is 7.75. The predicted molar refractivity (Wildman–Crippen MR) is 128 cm³/mol. The maximum Gasteiger partial charge on any atom is 0.256 e. The number of aromatic amines is 1. The third-order valence-corrected chi connectivity index (χ3v) is 5.65. The highest BCUT2D eigenvalue weighted by atomic mass is 16.2. The fourth-order valence-corrected chi connectivity index (χ4v) is 4.07. The van der Waals surface area contributed by atoms with E-state index in [4.69, 9.17) is 0 Å². The van der Waals surface area contributed by atoms with Gasteiger partial charge in [0.15, 0.2) is 0 Å². The first kappa shape index (κ1) is 19.8. The minimum atomic E-state index is -0.0176. The van der Waals surface area contributed by atoms with Gasteiger partial charge in [-0.25, -0.2) is 0 Å². The Kier molecular flexibility index (Phi) is 5.50. The lowest BCUT2D eigenvalue weighted by molar-refractivity contribution is 0.0730. The number of hydrogen-bond donors (Lipinski definition) is 1. The van der Waals surface area contributed by atoms with Gasteiger partial charge in [-0.2, -0.15) is 0 Å². The topological polar surface area (TPSA) is 49.0 Å². The number of carbonyl (C=O) groups is 1. The zero-order valence-electron chi connectivity index (χ0n) is 17.6. The van der Waals surface area contributed by atoms with Gasteiger partial charge in [0.2, 0.25) is 0 Å². The first-order chi connectivity index (χ1) is 15.8. The number of rotatable bonds is 6. The Balaban J connectivity index is 1.54. The minimum absolute atomic E-state index is 0.0176. The predicted octanol–water partition coefficient (Wildman–Crippen LogP) is 6.07. The Morgan fingerprint density at radius 3 is 2.38 bits per heavy atom. The molecule has 0 aliphatic carbocycles. The summed E-state index contributed by atoms with van der Waals surface area (Å²) in [5.41, 5.74) is 5.86. The van der Waals surface area contributed by atoms with Crippen molar-refractivity contribution in [3.8, 4) is 11.1 Å². The van der Waals surface area contributed by atoms with E-state index in [-0.39, 0.29) is 5.91 Å². The number of aromatic nitrogens is 2. The molecule has 32 heavy (non-hydrogen) atoms. The molecule has 4 nitrogen and oxygen atoms in total. The zero-order chi connectivity index (χ0) is 21.8. The van der Waals surface area contributed by atoms with Crippen LogP contribution in [-0.2, 0) is 13.1 Å². The molecule has 2 heterocycles. The second-order valence-corrected chi connectivity index (χ2v) is 7.75. The number of pyridine rings is 1. The van der Waals surface area contributed by atoms with Crippen molar-refractivity contribution in [2.75, 3.05) is 0 Å². The van der Waals surface area contributed by atoms with Gasteiger partial charge in [-0.05, 0) is 34.9 Å². The summed E-state index contributed by atoms with van der Waals surface area (Å²) in [6, 6.07) is 32.2. The third kappa shape index (κ3) is 4.03. The Morgan fingerprint density at radius 1 is 0.781 bits per heavy atom. The third-order valence-electron chi connectivity index (χ3n) is 5.65. The maximum atomic E-state index is 13.8. The van der Waals surface area contributed by atoms with Crippen molar-refractivity contribution in [3.63, 3.8) is 0 Å². The van der Waals surface area contributed by atoms with Gasteiger partial charge >= 0.3 is 0 Å². The van der Waals surface area contributed by atoms with Crippen molar-refractivity contribution in [2.45, 2.75) is 13.1 Å². The summed E-state index contributed by atoms with van der Waals surface area (Å²) < 4.78 is 0. The number of benzene rings is 3. The van der Waals surface area contributed by atoms with Crippen LogP contribution in [0.2, 0.25) is 0 Å². The summed E-state index contributed by atoms with van der Waals surface area (Å²) >= 11 is 0. The zero-order valence-corrected chi connectivity index (χ0v) is 17.6. The fraction of sp³-hybridized carbons (Fsp3) is 0.0714. The summed E-state index contributed by atoms with van der Waals surface area (Å²) in [6.07, 6.45) is 3.57. The van der Waals surface area contributed by atoms with Crippen LogP contribution >= 0.6 is 0 Å². The van der Waals surface area contributed by atoms with E-state index in [1.807, 2.05) is 83.9 Å². The Bertz CT molecular complexity index is 1340. The lowest BCUT2D eigenvalue weighted by atomic mass is 9.99. The highest BCUT2D eigenvalue weighted by Crippen LogP contribution is 2.27. The van der Waals surface area contributed by atoms with Crippen molar-refractivity contribution in [1.82, 2.24) is 14.9 Å². The van der Waals surface area contributed by atoms with Crippen LogP contribution < -0.4 is 0 Å². The van der Waals surface area contributed by atoms with Gasteiger partial charge in [0.1, 0.15) is 0 Å². The number of hydrogen-bond acceptors (Lipinski definition) is 2. The van der Waals surface area contributed by atoms with E-state index in [0.717, 1.165) is 33.3 Å². The van der Waals surface area contributed by atoms with Crippen LogP contribution in [0.4, 0.5) is 0 Å². The molecule has 0 spiro atoms. The summed E-state index contributed by atoms with van der Waals surface area (Å²) in [4.78, 5) is 23.3. The van der Waals surface area contributed by atoms with E-state index in [1.165, 1.54) is 0 Å². The van der Waals surface area contributed by atoms with Crippen LogP contribution in [0, 0.1) is 0 Å². The highest BCUT2D eigenvalue weighted by molar-refractivity contribution is 6.06. The van der Waals surface area contributed by atoms with E-state index >= 15 is 0 Å². The minimum Gasteiger partial charge on any atom is -0.360 e. The molecule has 0 saturated carbocycles. The molecule has 156 valence electrons. The summed E-state index contributed by atoms with van der Waals surface area (Å²) in [6.45, 7) is 0.919. The van der Waals surface area contributed by atoms with Crippen molar-refractivity contribution in [2.24, 2.45) is 0 Å². The van der Waals surface area contributed by atoms with Gasteiger partial charge in [0.05, 0.1) is 17.8 Å². The van der Waals surface area contributed by atoms with E-state index in [1.54, 1.807) is 6.20 Å². The van der Waals surface area contributed by atoms with Gasteiger partial charge in [0, 0.05) is 29.8 Å². The molecule has 0 fully saturated rings. The first-order valence-electron chi connectivity index (χ1n) is 10.7. The molecular weight excluding hydrogens is 394 g/mol. The largest absolute Gasteiger partial charge is 0.360 e. The molecule has 1 amide bonds. The Morgan fingerprint density at radius 2 is 1.53 bits per heavy atom. The number of carbonyl (C=O) groups excluding carboxylic acids is 1. The Labute approximate surface area is 187 Å². The first-order valence-corrected chi connectivity index (χ1v) is 10.7. The van der Waals surface area contributed by atoms with E-state index in [2.05, 4.69) is 34.2 Å². The molecular formula is C28H23N3O. The smallest absolute Gasteiger partial charge is 0.256 e. The summed E-state index contributed by atoms with van der Waals surface area (Å²) in [5.74, 6) is -0.0176. The molecule has 0 radical (unpaired) electrons. The average Bonchev–Trinajstić information content (AvgIpc) is 3.29. The van der Waals surface area contributed by atoms with Crippen LogP contribution in [0.15, 0.2) is 109 Å². The van der Waals surface area contributed by atoms with Crippen LogP contribution in [-0.4, -0.2) is 20.8 Å². The molecule has 0 unspecified atom stereocenters. The normalized spacial score (nSPS) is 10.9. The van der Waals surface area contributed by atoms with Gasteiger partial charge in [-0.15, -0.1) is 0 Å². The van der Waals surface area contributed by atoms with E-state index in [0.29, 0.717) is 18.7 Å². The molecule has 5 aromatic rings. The van der Waals surface area contributed by atoms with Gasteiger partial charge in [-0.3, -0.25) is 9.78 Å². The van der Waals surface area contributed by atoms with Gasteiger partial charge in [-0.1, -0.05) is 78.9 Å². The van der Waals surface area contributed by atoms with Gasteiger partial charge in [0.25, 0.3) is 5.91 Å². The monoisotopic (exact) mass is 417 g/mol. The van der Waals surface area contributed by atoms with Gasteiger partial charge < -0.3 is 9.88 Å². The second kappa shape index (κ2) is 8.90. The molecule has 3 aromatic carbocycles. The van der Waals surface area contributed by atoms with Crippen LogP contribution in [0.5, 0.6) is 0 Å². The molecule has 1 N–H and O–H groups in total. The molecule has 0 bridgehead atoms. The molecule has 5 rings (SSSR count). The van der Waals surface area contributed by atoms with Crippen LogP contribution in [0.25, 0.3) is 22.0 Å². The number of nitrogens with one attached hydrogen (secondary N) is 1. The number of nitrogens with zero attached hydrogens (tertiary/aromatic N) is 2. The maximum absolute atomic E-state index is 13.8. The van der Waals surface area contributed by atoms with Crippen LogP contribution in [0.3, 0.4) is 0 Å². The standard InChI is InChI=1S/C28H23N3O/c32-28(26-18-30-27-16-7-6-15-25(26)27)31(20-23-13-8-9-17-29-23)19-22-12-4-5-14-24(22)21-10-2-1-3-11-21/h1-18,30H,19-20H2. The number of para-hydroxylation sites is 1. The number of fused-ring (bicyclic) bond motifs is 1. The number of H-pyrrole nitrogens is 1. The average molecular weight is 418 g/mol. The van der Waals surface area contributed by atoms with Crippen molar-refractivity contribution >= 4 is 16.8 Å². The molecule has 2 aromatic heterocycles. The molecule has 0 aliphatic heterocycles. The van der Waals surface area contributed by atoms with E-state index < -0.39 is 0 Å². The molecule has 0 aliphatic rings. The van der Waals surface area contributed by atoms with Crippen LogP contribution in [0.1, 0.15) is 21.6 Å². The molecule has 0 atom stereocenters. The summed E-state index contributed by atoms with van der Waals surface area (Å²) in [7, 11) is 0.